The van der Waals surface area contributed by atoms with Crippen molar-refractivity contribution in [3.8, 4) is 5.75 Å². The number of aliphatic hydroxyl groups is 1. The molecule has 2 rings (SSSR count). The maximum absolute atomic E-state index is 10.1. The van der Waals surface area contributed by atoms with E-state index in [1.807, 2.05) is 13.1 Å². The summed E-state index contributed by atoms with van der Waals surface area (Å²) in [5, 5.41) is 13.3. The smallest absolute Gasteiger partial charge is 0.125 e. The van der Waals surface area contributed by atoms with Gasteiger partial charge < -0.3 is 15.2 Å². The average Bonchev–Trinajstić information content (AvgIpc) is 2.48. The Balaban J connectivity index is 2.30. The molecule has 1 heterocycles. The molecule has 88 valence electrons. The summed E-state index contributed by atoms with van der Waals surface area (Å²) in [6, 6.07) is 6.30. The molecule has 0 saturated heterocycles. The Kier molecular flexibility index (Phi) is 3.46. The number of aryl methyl sites for hydroxylation is 1. The van der Waals surface area contributed by atoms with Crippen LogP contribution in [-0.2, 0) is 6.42 Å². The molecule has 1 aromatic rings. The number of fused-ring (bicyclic) bond motifs is 1. The highest BCUT2D eigenvalue weighted by atomic mass is 16.5. The second kappa shape index (κ2) is 4.85. The number of ether oxygens (including phenoxy) is 1. The molecule has 1 aliphatic rings. The number of likely N-dealkylation sites (N-methyl/N-ethyl adjacent to an activating group) is 1. The third kappa shape index (κ3) is 2.20. The molecule has 3 heteroatoms. The van der Waals surface area contributed by atoms with Gasteiger partial charge in [-0.25, -0.2) is 0 Å². The van der Waals surface area contributed by atoms with Crippen molar-refractivity contribution in [2.45, 2.75) is 31.9 Å². The van der Waals surface area contributed by atoms with Gasteiger partial charge in [-0.2, -0.15) is 0 Å². The van der Waals surface area contributed by atoms with Crippen LogP contribution in [0.25, 0.3) is 0 Å². The van der Waals surface area contributed by atoms with Crippen molar-refractivity contribution in [3.05, 3.63) is 29.3 Å². The lowest BCUT2D eigenvalue weighted by Crippen LogP contribution is -2.31. The first-order valence-electron chi connectivity index (χ1n) is 5.85. The first-order valence-corrected chi connectivity index (χ1v) is 5.85. The van der Waals surface area contributed by atoms with Crippen molar-refractivity contribution in [3.63, 3.8) is 0 Å². The molecule has 0 fully saturated rings. The number of hydrogen-bond acceptors (Lipinski definition) is 3. The van der Waals surface area contributed by atoms with Gasteiger partial charge in [-0.05, 0) is 37.6 Å². The maximum Gasteiger partial charge on any atom is 0.125 e. The normalized spacial score (nSPS) is 24.4. The third-order valence-corrected chi connectivity index (χ3v) is 3.20. The Bertz CT molecular complexity index is 365. The van der Waals surface area contributed by atoms with Crippen LogP contribution in [0.5, 0.6) is 5.75 Å². The van der Waals surface area contributed by atoms with E-state index >= 15 is 0 Å². The highest BCUT2D eigenvalue weighted by Gasteiger charge is 2.23. The monoisotopic (exact) mass is 221 g/mol. The average molecular weight is 221 g/mol. The topological polar surface area (TPSA) is 41.5 Å². The lowest BCUT2D eigenvalue weighted by atomic mass is 10.00. The summed E-state index contributed by atoms with van der Waals surface area (Å²) in [7, 11) is 1.90. The molecule has 0 amide bonds. The fourth-order valence-corrected chi connectivity index (χ4v) is 2.07. The summed E-state index contributed by atoms with van der Waals surface area (Å²) >= 11 is 0. The fraction of sp³-hybridized carbons (Fsp3) is 0.538. The van der Waals surface area contributed by atoms with E-state index in [-0.39, 0.29) is 6.04 Å². The van der Waals surface area contributed by atoms with Gasteiger partial charge in [0.05, 0.1) is 6.10 Å². The van der Waals surface area contributed by atoms with Gasteiger partial charge in [0, 0.05) is 11.6 Å². The first kappa shape index (κ1) is 11.4. The van der Waals surface area contributed by atoms with Crippen molar-refractivity contribution in [1.29, 1.82) is 0 Å². The highest BCUT2D eigenvalue weighted by Crippen LogP contribution is 2.32. The van der Waals surface area contributed by atoms with Crippen LogP contribution in [0.15, 0.2) is 18.2 Å². The van der Waals surface area contributed by atoms with Crippen LogP contribution in [0.1, 0.15) is 30.6 Å². The van der Waals surface area contributed by atoms with Gasteiger partial charge in [0.1, 0.15) is 12.4 Å². The Labute approximate surface area is 96.4 Å². The van der Waals surface area contributed by atoms with Crippen molar-refractivity contribution in [2.24, 2.45) is 0 Å². The van der Waals surface area contributed by atoms with E-state index in [1.54, 1.807) is 0 Å². The van der Waals surface area contributed by atoms with Crippen LogP contribution in [0, 0.1) is 0 Å². The lowest BCUT2D eigenvalue weighted by Gasteiger charge is -2.14. The van der Waals surface area contributed by atoms with Crippen LogP contribution in [0.4, 0.5) is 0 Å². The molecule has 0 spiro atoms. The van der Waals surface area contributed by atoms with Gasteiger partial charge in [-0.1, -0.05) is 13.0 Å². The van der Waals surface area contributed by atoms with Crippen molar-refractivity contribution >= 4 is 0 Å². The molecule has 0 saturated carbocycles. The molecule has 16 heavy (non-hydrogen) atoms. The zero-order chi connectivity index (χ0) is 11.5. The minimum Gasteiger partial charge on any atom is -0.492 e. The standard InChI is InChI=1S/C13H19NO2/c1-3-9-4-5-13-11(6-9)12(15)7-10(14-2)8-16-13/h4-6,10,12,14-15H,3,7-8H2,1-2H3/t10-,12-/m1/s1. The highest BCUT2D eigenvalue weighted by molar-refractivity contribution is 5.39. The number of nitrogens with one attached hydrogen (secondary N) is 1. The summed E-state index contributed by atoms with van der Waals surface area (Å²) in [6.45, 7) is 2.73. The summed E-state index contributed by atoms with van der Waals surface area (Å²) in [5.41, 5.74) is 2.17. The van der Waals surface area contributed by atoms with Gasteiger partial charge in [0.25, 0.3) is 0 Å². The first-order chi connectivity index (χ1) is 7.74. The van der Waals surface area contributed by atoms with Crippen LogP contribution < -0.4 is 10.1 Å². The Morgan fingerprint density at radius 3 is 3.00 bits per heavy atom. The quantitative estimate of drug-likeness (QED) is 0.798. The molecule has 0 aliphatic carbocycles. The van der Waals surface area contributed by atoms with E-state index in [4.69, 9.17) is 4.74 Å². The third-order valence-electron chi connectivity index (χ3n) is 3.20. The fourth-order valence-electron chi connectivity index (χ4n) is 2.07. The summed E-state index contributed by atoms with van der Waals surface area (Å²) in [4.78, 5) is 0. The molecular formula is C13H19NO2. The van der Waals surface area contributed by atoms with E-state index in [1.165, 1.54) is 5.56 Å². The Morgan fingerprint density at radius 1 is 1.50 bits per heavy atom. The van der Waals surface area contributed by atoms with Crippen molar-refractivity contribution in [1.82, 2.24) is 5.32 Å². The molecule has 2 N–H and O–H groups in total. The van der Waals surface area contributed by atoms with E-state index in [0.717, 1.165) is 17.7 Å². The number of aliphatic hydroxyl groups excluding tert-OH is 1. The van der Waals surface area contributed by atoms with E-state index in [9.17, 15) is 5.11 Å². The predicted octanol–water partition coefficient (Wildman–Crippen LogP) is 1.65. The largest absolute Gasteiger partial charge is 0.492 e. The van der Waals surface area contributed by atoms with Crippen molar-refractivity contribution < 1.29 is 9.84 Å². The van der Waals surface area contributed by atoms with E-state index in [2.05, 4.69) is 24.4 Å². The molecule has 2 atom stereocenters. The number of benzene rings is 1. The minimum absolute atomic E-state index is 0.215. The van der Waals surface area contributed by atoms with Crippen molar-refractivity contribution in [2.75, 3.05) is 13.7 Å². The number of rotatable bonds is 2. The molecule has 0 radical (unpaired) electrons. The molecule has 0 aromatic heterocycles. The van der Waals surface area contributed by atoms with Gasteiger partial charge >= 0.3 is 0 Å². The zero-order valence-electron chi connectivity index (χ0n) is 9.86. The molecule has 1 aliphatic heterocycles. The molecule has 0 unspecified atom stereocenters. The van der Waals surface area contributed by atoms with Gasteiger partial charge in [0.15, 0.2) is 0 Å². The minimum atomic E-state index is -0.429. The second-order valence-electron chi connectivity index (χ2n) is 4.27. The predicted molar refractivity (Wildman–Crippen MR) is 63.7 cm³/mol. The van der Waals surface area contributed by atoms with Gasteiger partial charge in [0.2, 0.25) is 0 Å². The molecular weight excluding hydrogens is 202 g/mol. The lowest BCUT2D eigenvalue weighted by molar-refractivity contribution is 0.153. The van der Waals surface area contributed by atoms with Crippen LogP contribution in [0.2, 0.25) is 0 Å². The Morgan fingerprint density at radius 2 is 2.31 bits per heavy atom. The van der Waals surface area contributed by atoms with Crippen LogP contribution in [-0.4, -0.2) is 24.8 Å². The van der Waals surface area contributed by atoms with Gasteiger partial charge in [-0.3, -0.25) is 0 Å². The second-order valence-corrected chi connectivity index (χ2v) is 4.27. The van der Waals surface area contributed by atoms with E-state index < -0.39 is 6.10 Å². The summed E-state index contributed by atoms with van der Waals surface area (Å²) in [6.07, 6.45) is 1.26. The molecule has 0 bridgehead atoms. The van der Waals surface area contributed by atoms with Gasteiger partial charge in [-0.15, -0.1) is 0 Å². The summed E-state index contributed by atoms with van der Waals surface area (Å²) in [5.74, 6) is 0.822. The van der Waals surface area contributed by atoms with E-state index in [0.29, 0.717) is 13.0 Å². The molecule has 3 nitrogen and oxygen atoms in total. The van der Waals surface area contributed by atoms with Crippen LogP contribution >= 0.6 is 0 Å². The zero-order valence-corrected chi connectivity index (χ0v) is 9.86. The number of hydrogen-bond donors (Lipinski definition) is 2. The SMILES string of the molecule is CCc1ccc2c(c1)[C@H](O)C[C@@H](NC)CO2. The molecule has 1 aromatic carbocycles. The summed E-state index contributed by atoms with van der Waals surface area (Å²) < 4.78 is 5.70. The maximum atomic E-state index is 10.1. The Hall–Kier alpha value is -1.06. The van der Waals surface area contributed by atoms with Crippen LogP contribution in [0.3, 0.4) is 0 Å².